The number of carbonyl (C=O) groups is 2. The van der Waals surface area contributed by atoms with Crippen molar-refractivity contribution in [3.8, 4) is 0 Å². The molecule has 1 heterocycles. The first-order valence-electron chi connectivity index (χ1n) is 5.56. The molecule has 1 aliphatic heterocycles. The van der Waals surface area contributed by atoms with Crippen LogP contribution in [0.5, 0.6) is 0 Å². The zero-order chi connectivity index (χ0) is 12.3. The van der Waals surface area contributed by atoms with Crippen LogP contribution in [0.2, 0.25) is 0 Å². The number of hydrogen-bond donors (Lipinski definition) is 2. The second-order valence-corrected chi connectivity index (χ2v) is 3.91. The summed E-state index contributed by atoms with van der Waals surface area (Å²) in [6.07, 6.45) is 0.467. The highest BCUT2D eigenvalue weighted by molar-refractivity contribution is 6.03. The van der Waals surface area contributed by atoms with Gasteiger partial charge in [-0.3, -0.25) is 20.0 Å². The van der Waals surface area contributed by atoms with Crippen LogP contribution in [-0.4, -0.2) is 31.8 Å². The molecule has 1 fully saturated rings. The van der Waals surface area contributed by atoms with Crippen LogP contribution in [0.3, 0.4) is 0 Å². The highest BCUT2D eigenvalue weighted by Gasteiger charge is 2.22. The highest BCUT2D eigenvalue weighted by Crippen LogP contribution is 2.21. The smallest absolute Gasteiger partial charge is 0.240 e. The number of ketones is 1. The van der Waals surface area contributed by atoms with E-state index < -0.39 is 0 Å². The Morgan fingerprint density at radius 1 is 1.47 bits per heavy atom. The van der Waals surface area contributed by atoms with Crippen LogP contribution in [0.25, 0.3) is 0 Å². The Kier molecular flexibility index (Phi) is 3.39. The van der Waals surface area contributed by atoms with E-state index >= 15 is 0 Å². The molecule has 2 N–H and O–H groups in total. The second kappa shape index (κ2) is 4.97. The predicted octanol–water partition coefficient (Wildman–Crippen LogP) is 0.330. The first-order chi connectivity index (χ1) is 8.22. The maximum absolute atomic E-state index is 11.9. The number of nitrogens with one attached hydrogen (secondary N) is 2. The van der Waals surface area contributed by atoms with Gasteiger partial charge in [0, 0.05) is 18.5 Å². The number of para-hydroxylation sites is 1. The van der Waals surface area contributed by atoms with Crippen molar-refractivity contribution in [2.75, 3.05) is 25.1 Å². The Morgan fingerprint density at radius 2 is 2.24 bits per heavy atom. The summed E-state index contributed by atoms with van der Waals surface area (Å²) in [4.78, 5) is 23.1. The summed E-state index contributed by atoms with van der Waals surface area (Å²) in [5, 5.41) is 4.56. The van der Waals surface area contributed by atoms with Crippen molar-refractivity contribution in [1.29, 1.82) is 0 Å². The minimum Gasteiger partial charge on any atom is -0.313 e. The predicted molar refractivity (Wildman–Crippen MR) is 64.8 cm³/mol. The molecular weight excluding hydrogens is 218 g/mol. The Hall–Kier alpha value is -1.88. The summed E-state index contributed by atoms with van der Waals surface area (Å²) >= 11 is 0. The Balaban J connectivity index is 2.27. The summed E-state index contributed by atoms with van der Waals surface area (Å²) in [5.41, 5.74) is 4.12. The van der Waals surface area contributed by atoms with E-state index in [1.807, 2.05) is 18.2 Å². The Labute approximate surface area is 99.8 Å². The summed E-state index contributed by atoms with van der Waals surface area (Å²) in [6.45, 7) is 0.890. The molecule has 2 rings (SSSR count). The van der Waals surface area contributed by atoms with Crippen LogP contribution in [0.1, 0.15) is 16.8 Å². The van der Waals surface area contributed by atoms with E-state index in [4.69, 9.17) is 0 Å². The van der Waals surface area contributed by atoms with E-state index in [0.29, 0.717) is 25.1 Å². The zero-order valence-electron chi connectivity index (χ0n) is 9.69. The second-order valence-electron chi connectivity index (χ2n) is 3.91. The van der Waals surface area contributed by atoms with Crippen LogP contribution in [0, 0.1) is 0 Å². The molecule has 0 aromatic heterocycles. The van der Waals surface area contributed by atoms with Crippen molar-refractivity contribution in [3.63, 3.8) is 0 Å². The molecular formula is C12H15N3O2. The van der Waals surface area contributed by atoms with Gasteiger partial charge < -0.3 is 5.32 Å². The van der Waals surface area contributed by atoms with Gasteiger partial charge in [-0.2, -0.15) is 0 Å². The lowest BCUT2D eigenvalue weighted by molar-refractivity contribution is -0.119. The van der Waals surface area contributed by atoms with Crippen LogP contribution >= 0.6 is 0 Å². The molecule has 0 saturated carbocycles. The molecule has 0 bridgehead atoms. The lowest BCUT2D eigenvalue weighted by atomic mass is 10.1. The molecule has 0 aliphatic carbocycles. The van der Waals surface area contributed by atoms with Crippen LogP contribution < -0.4 is 15.8 Å². The number of carbonyl (C=O) groups excluding carboxylic acids is 2. The minimum absolute atomic E-state index is 0.0131. The lowest BCUT2D eigenvalue weighted by Gasteiger charge is -2.20. The van der Waals surface area contributed by atoms with Crippen molar-refractivity contribution in [2.24, 2.45) is 0 Å². The standard InChI is InChI=1S/C12H15N3O2/c1-13-8-11(16)9-4-2-3-5-10(9)15-7-6-12(17)14-15/h2-5,13H,6-8H2,1H3,(H,14,17). The molecule has 90 valence electrons. The molecule has 1 aliphatic rings. The normalized spacial score (nSPS) is 14.9. The van der Waals surface area contributed by atoms with Gasteiger partial charge >= 0.3 is 0 Å². The zero-order valence-corrected chi connectivity index (χ0v) is 9.69. The molecule has 17 heavy (non-hydrogen) atoms. The Morgan fingerprint density at radius 3 is 2.88 bits per heavy atom. The third kappa shape index (κ3) is 2.45. The van der Waals surface area contributed by atoms with Crippen molar-refractivity contribution >= 4 is 17.4 Å². The van der Waals surface area contributed by atoms with Crippen molar-refractivity contribution < 1.29 is 9.59 Å². The van der Waals surface area contributed by atoms with E-state index in [1.165, 1.54) is 0 Å². The fraction of sp³-hybridized carbons (Fsp3) is 0.333. The molecule has 1 saturated heterocycles. The van der Waals surface area contributed by atoms with Crippen LogP contribution in [-0.2, 0) is 4.79 Å². The monoisotopic (exact) mass is 233 g/mol. The SMILES string of the molecule is CNCC(=O)c1ccccc1N1CCC(=O)N1. The van der Waals surface area contributed by atoms with Gasteiger partial charge in [0.1, 0.15) is 0 Å². The average molecular weight is 233 g/mol. The molecule has 0 spiro atoms. The largest absolute Gasteiger partial charge is 0.313 e. The van der Waals surface area contributed by atoms with E-state index in [-0.39, 0.29) is 11.7 Å². The number of anilines is 1. The molecule has 1 amide bonds. The van der Waals surface area contributed by atoms with Crippen molar-refractivity contribution in [3.05, 3.63) is 29.8 Å². The number of likely N-dealkylation sites (N-methyl/N-ethyl adjacent to an activating group) is 1. The van der Waals surface area contributed by atoms with Crippen LogP contribution in [0.4, 0.5) is 5.69 Å². The van der Waals surface area contributed by atoms with Gasteiger partial charge in [-0.1, -0.05) is 12.1 Å². The van der Waals surface area contributed by atoms with Gasteiger partial charge in [-0.15, -0.1) is 0 Å². The van der Waals surface area contributed by atoms with Crippen LogP contribution in [0.15, 0.2) is 24.3 Å². The minimum atomic E-state index is -0.0131. The number of hydrogen-bond acceptors (Lipinski definition) is 4. The quantitative estimate of drug-likeness (QED) is 0.736. The van der Waals surface area contributed by atoms with E-state index in [2.05, 4.69) is 10.7 Å². The third-order valence-corrected chi connectivity index (χ3v) is 2.65. The number of hydrazine groups is 1. The van der Waals surface area contributed by atoms with Crippen molar-refractivity contribution in [2.45, 2.75) is 6.42 Å². The van der Waals surface area contributed by atoms with Gasteiger partial charge in [0.2, 0.25) is 5.91 Å². The third-order valence-electron chi connectivity index (χ3n) is 2.65. The highest BCUT2D eigenvalue weighted by atomic mass is 16.2. The summed E-state index contributed by atoms with van der Waals surface area (Å²) in [6, 6.07) is 7.30. The number of Topliss-reactive ketones (excluding diaryl/α,β-unsaturated/α-hetero) is 1. The fourth-order valence-corrected chi connectivity index (χ4v) is 1.86. The number of nitrogens with zero attached hydrogens (tertiary/aromatic N) is 1. The number of amides is 1. The van der Waals surface area contributed by atoms with Gasteiger partial charge in [-0.05, 0) is 19.2 Å². The molecule has 5 heteroatoms. The van der Waals surface area contributed by atoms with Gasteiger partial charge in [0.05, 0.1) is 12.2 Å². The van der Waals surface area contributed by atoms with E-state index in [0.717, 1.165) is 5.69 Å². The van der Waals surface area contributed by atoms with Gasteiger partial charge in [0.15, 0.2) is 5.78 Å². The first kappa shape index (κ1) is 11.6. The van der Waals surface area contributed by atoms with Crippen molar-refractivity contribution in [1.82, 2.24) is 10.7 Å². The fourth-order valence-electron chi connectivity index (χ4n) is 1.86. The van der Waals surface area contributed by atoms with Gasteiger partial charge in [-0.25, -0.2) is 0 Å². The van der Waals surface area contributed by atoms with E-state index in [9.17, 15) is 9.59 Å². The summed E-state index contributed by atoms with van der Waals surface area (Å²) in [7, 11) is 1.73. The first-order valence-corrected chi connectivity index (χ1v) is 5.56. The molecule has 1 aromatic carbocycles. The van der Waals surface area contributed by atoms with Gasteiger partial charge in [0.25, 0.3) is 0 Å². The molecule has 0 radical (unpaired) electrons. The van der Waals surface area contributed by atoms with E-state index in [1.54, 1.807) is 18.1 Å². The maximum atomic E-state index is 11.9. The topological polar surface area (TPSA) is 61.4 Å². The molecule has 0 unspecified atom stereocenters. The average Bonchev–Trinajstić information content (AvgIpc) is 2.76. The lowest BCUT2D eigenvalue weighted by Crippen LogP contribution is -2.34. The molecule has 5 nitrogen and oxygen atoms in total. The Bertz CT molecular complexity index is 445. The summed E-state index contributed by atoms with van der Waals surface area (Å²) in [5.74, 6) is 0.00474. The summed E-state index contributed by atoms with van der Waals surface area (Å²) < 4.78 is 0. The number of benzene rings is 1. The molecule has 0 atom stereocenters. The molecule has 1 aromatic rings. The number of rotatable bonds is 4. The maximum Gasteiger partial charge on any atom is 0.240 e.